The molecule has 0 unspecified atom stereocenters. The summed E-state index contributed by atoms with van der Waals surface area (Å²) < 4.78 is 0.0546. The lowest BCUT2D eigenvalue weighted by molar-refractivity contribution is 0.204. The number of rotatable bonds is 6. The Bertz CT molecular complexity index is 579. The number of benzene rings is 1. The van der Waals surface area contributed by atoms with Crippen molar-refractivity contribution in [2.75, 3.05) is 6.54 Å². The summed E-state index contributed by atoms with van der Waals surface area (Å²) in [5.41, 5.74) is 2.99. The molecule has 1 aliphatic rings. The molecule has 2 N–H and O–H groups in total. The van der Waals surface area contributed by atoms with Gasteiger partial charge in [0.1, 0.15) is 5.75 Å². The van der Waals surface area contributed by atoms with Crippen molar-refractivity contribution < 1.29 is 10.2 Å². The van der Waals surface area contributed by atoms with Gasteiger partial charge in [-0.2, -0.15) is 0 Å². The molecule has 0 saturated heterocycles. The van der Waals surface area contributed by atoms with Crippen LogP contribution < -0.4 is 0 Å². The number of aliphatic hydroxyl groups excluding tert-OH is 1. The lowest BCUT2D eigenvalue weighted by Gasteiger charge is -2.32. The van der Waals surface area contributed by atoms with Gasteiger partial charge in [0.25, 0.3) is 0 Å². The number of aliphatic imine (C=N–C) groups is 1. The summed E-state index contributed by atoms with van der Waals surface area (Å²) in [4.78, 5) is 5.70. The van der Waals surface area contributed by atoms with Crippen LogP contribution in [0.3, 0.4) is 0 Å². The second-order valence-corrected chi connectivity index (χ2v) is 8.87. The third-order valence-electron chi connectivity index (χ3n) is 4.02. The van der Waals surface area contributed by atoms with Gasteiger partial charge in [0, 0.05) is 21.8 Å². The summed E-state index contributed by atoms with van der Waals surface area (Å²) in [6.45, 7) is 8.74. The van der Waals surface area contributed by atoms with Crippen LogP contribution in [0.2, 0.25) is 0 Å². The predicted octanol–water partition coefficient (Wildman–Crippen LogP) is 4.57. The van der Waals surface area contributed by atoms with Gasteiger partial charge in [-0.05, 0) is 51.3 Å². The first-order valence-corrected chi connectivity index (χ1v) is 9.40. The molecule has 0 bridgehead atoms. The smallest absolute Gasteiger partial charge is 0.126 e. The van der Waals surface area contributed by atoms with Crippen LogP contribution in [0.25, 0.3) is 0 Å². The Balaban J connectivity index is 2.35. The van der Waals surface area contributed by atoms with Crippen molar-refractivity contribution in [2.45, 2.75) is 75.5 Å². The number of nitrogens with zero attached hydrogens (tertiary/aromatic N) is 1. The maximum atomic E-state index is 10.5. The van der Waals surface area contributed by atoms with Gasteiger partial charge < -0.3 is 10.2 Å². The minimum Gasteiger partial charge on any atom is -0.507 e. The number of fused-ring (bicyclic) bond motifs is 1. The molecule has 1 aliphatic heterocycles. The molecule has 128 valence electrons. The van der Waals surface area contributed by atoms with E-state index < -0.39 is 6.10 Å². The van der Waals surface area contributed by atoms with Crippen LogP contribution >= 0.6 is 11.8 Å². The zero-order chi connectivity index (χ0) is 17.0. The number of hydrogen-bond donors (Lipinski definition) is 2. The van der Waals surface area contributed by atoms with Gasteiger partial charge in [0.05, 0.1) is 18.2 Å². The highest BCUT2D eigenvalue weighted by atomic mass is 32.2. The second kappa shape index (κ2) is 7.71. The van der Waals surface area contributed by atoms with E-state index in [2.05, 4.69) is 31.8 Å². The first kappa shape index (κ1) is 18.3. The molecule has 1 aromatic carbocycles. The number of phenols is 1. The van der Waals surface area contributed by atoms with E-state index in [9.17, 15) is 10.2 Å². The van der Waals surface area contributed by atoms with Crippen LogP contribution in [0.15, 0.2) is 22.0 Å². The minimum absolute atomic E-state index is 0.0546. The molecule has 2 rings (SSSR count). The summed E-state index contributed by atoms with van der Waals surface area (Å²) >= 11 is 1.82. The first-order valence-electron chi connectivity index (χ1n) is 8.59. The Labute approximate surface area is 144 Å². The highest BCUT2D eigenvalue weighted by Crippen LogP contribution is 2.46. The van der Waals surface area contributed by atoms with Gasteiger partial charge in [-0.3, -0.25) is 4.99 Å². The number of phenolic OH excluding ortho intramolecular Hbond substituents is 1. The van der Waals surface area contributed by atoms with Crippen molar-refractivity contribution in [3.63, 3.8) is 0 Å². The van der Waals surface area contributed by atoms with Crippen LogP contribution in [-0.4, -0.2) is 33.3 Å². The molecule has 23 heavy (non-hydrogen) atoms. The average molecular weight is 336 g/mol. The van der Waals surface area contributed by atoms with Crippen LogP contribution in [0.4, 0.5) is 0 Å². The fourth-order valence-corrected chi connectivity index (χ4v) is 4.29. The zero-order valence-corrected chi connectivity index (χ0v) is 15.5. The molecule has 0 fully saturated rings. The third kappa shape index (κ3) is 4.98. The summed E-state index contributed by atoms with van der Waals surface area (Å²) in [6, 6.07) is 4.11. The number of thioether (sulfide) groups is 1. The monoisotopic (exact) mass is 335 g/mol. The van der Waals surface area contributed by atoms with Gasteiger partial charge in [-0.15, -0.1) is 11.8 Å². The van der Waals surface area contributed by atoms with E-state index in [1.807, 2.05) is 17.8 Å². The number of aryl methyl sites for hydroxylation is 1. The van der Waals surface area contributed by atoms with E-state index >= 15 is 0 Å². The van der Waals surface area contributed by atoms with Crippen molar-refractivity contribution in [1.29, 1.82) is 0 Å². The topological polar surface area (TPSA) is 52.8 Å². The zero-order valence-electron chi connectivity index (χ0n) is 14.7. The lowest BCUT2D eigenvalue weighted by Crippen LogP contribution is -2.27. The number of aromatic hydroxyl groups is 1. The van der Waals surface area contributed by atoms with Gasteiger partial charge in [0.2, 0.25) is 0 Å². The first-order chi connectivity index (χ1) is 10.8. The van der Waals surface area contributed by atoms with E-state index in [1.54, 1.807) is 6.92 Å². The predicted molar refractivity (Wildman–Crippen MR) is 99.0 cm³/mol. The van der Waals surface area contributed by atoms with E-state index in [0.717, 1.165) is 35.4 Å². The summed E-state index contributed by atoms with van der Waals surface area (Å²) in [5, 5.41) is 20.1. The Morgan fingerprint density at radius 1 is 1.30 bits per heavy atom. The largest absolute Gasteiger partial charge is 0.507 e. The minimum atomic E-state index is -0.459. The lowest BCUT2D eigenvalue weighted by atomic mass is 9.95. The summed E-state index contributed by atoms with van der Waals surface area (Å²) in [5.74, 6) is 0.335. The van der Waals surface area contributed by atoms with Crippen LogP contribution in [-0.2, 0) is 6.42 Å². The molecular formula is C19H29NO2S. The van der Waals surface area contributed by atoms with E-state index in [4.69, 9.17) is 0 Å². The molecule has 0 aliphatic carbocycles. The Hall–Kier alpha value is -1.00. The SMILES string of the molecule is CCCCCc1cc(O)c2c(c1)SC(C)(C)CC2=NC[C@H](C)O. The van der Waals surface area contributed by atoms with Crippen molar-refractivity contribution in [1.82, 2.24) is 0 Å². The average Bonchev–Trinajstić information content (AvgIpc) is 2.43. The molecule has 3 nitrogen and oxygen atoms in total. The highest BCUT2D eigenvalue weighted by Gasteiger charge is 2.32. The van der Waals surface area contributed by atoms with Gasteiger partial charge >= 0.3 is 0 Å². The molecule has 1 aromatic rings. The summed E-state index contributed by atoms with van der Waals surface area (Å²) in [7, 11) is 0. The molecule has 0 radical (unpaired) electrons. The molecule has 1 atom stereocenters. The second-order valence-electron chi connectivity index (χ2n) is 7.12. The molecule has 0 amide bonds. The van der Waals surface area contributed by atoms with Crippen molar-refractivity contribution in [3.05, 3.63) is 23.3 Å². The van der Waals surface area contributed by atoms with Gasteiger partial charge in [-0.25, -0.2) is 0 Å². The molecule has 0 spiro atoms. The van der Waals surface area contributed by atoms with E-state index in [-0.39, 0.29) is 4.75 Å². The standard InChI is InChI=1S/C19H29NO2S/c1-5-6-7-8-14-9-16(22)18-15(20-12-13(2)21)11-19(3,4)23-17(18)10-14/h9-10,13,21-22H,5-8,11-12H2,1-4H3/t13-/m0/s1. The molecule has 4 heteroatoms. The molecule has 0 saturated carbocycles. The maximum Gasteiger partial charge on any atom is 0.126 e. The normalized spacial score (nSPS) is 19.6. The maximum absolute atomic E-state index is 10.5. The Morgan fingerprint density at radius 2 is 2.04 bits per heavy atom. The Morgan fingerprint density at radius 3 is 2.70 bits per heavy atom. The summed E-state index contributed by atoms with van der Waals surface area (Å²) in [6.07, 6.45) is 4.94. The van der Waals surface area contributed by atoms with E-state index in [0.29, 0.717) is 12.3 Å². The van der Waals surface area contributed by atoms with Crippen LogP contribution in [0.5, 0.6) is 5.75 Å². The van der Waals surface area contributed by atoms with Crippen LogP contribution in [0, 0.1) is 0 Å². The number of hydrogen-bond acceptors (Lipinski definition) is 4. The fourth-order valence-electron chi connectivity index (χ4n) is 2.95. The fraction of sp³-hybridized carbons (Fsp3) is 0.632. The molecule has 0 aromatic heterocycles. The van der Waals surface area contributed by atoms with Gasteiger partial charge in [0.15, 0.2) is 0 Å². The molecule has 1 heterocycles. The quantitative estimate of drug-likeness (QED) is 0.749. The number of unbranched alkanes of at least 4 members (excludes halogenated alkanes) is 2. The van der Waals surface area contributed by atoms with Crippen LogP contribution in [0.1, 0.15) is 64.5 Å². The third-order valence-corrected chi connectivity index (χ3v) is 5.26. The molecular weight excluding hydrogens is 306 g/mol. The number of aliphatic hydroxyl groups is 1. The van der Waals surface area contributed by atoms with Crippen molar-refractivity contribution >= 4 is 17.5 Å². The Kier molecular flexibility index (Phi) is 6.15. The highest BCUT2D eigenvalue weighted by molar-refractivity contribution is 8.00. The van der Waals surface area contributed by atoms with E-state index in [1.165, 1.54) is 18.4 Å². The van der Waals surface area contributed by atoms with Crippen molar-refractivity contribution in [2.24, 2.45) is 4.99 Å². The van der Waals surface area contributed by atoms with Gasteiger partial charge in [-0.1, -0.05) is 19.8 Å². The van der Waals surface area contributed by atoms with Crippen molar-refractivity contribution in [3.8, 4) is 5.75 Å².